The van der Waals surface area contributed by atoms with Gasteiger partial charge < -0.3 is 15.0 Å². The highest BCUT2D eigenvalue weighted by atomic mass is 16.5. The number of amides is 1. The fraction of sp³-hybridized carbons (Fsp3) is 0.278. The van der Waals surface area contributed by atoms with E-state index in [4.69, 9.17) is 4.74 Å². The Morgan fingerprint density at radius 3 is 2.23 bits per heavy atom. The second-order valence-corrected chi connectivity index (χ2v) is 5.34. The third-order valence-corrected chi connectivity index (χ3v) is 3.47. The monoisotopic (exact) mass is 298 g/mol. The van der Waals surface area contributed by atoms with E-state index in [1.54, 1.807) is 7.11 Å². The van der Waals surface area contributed by atoms with Gasteiger partial charge in [0.25, 0.3) is 0 Å². The molecule has 0 atom stereocenters. The molecule has 0 aliphatic carbocycles. The summed E-state index contributed by atoms with van der Waals surface area (Å²) >= 11 is 0. The van der Waals surface area contributed by atoms with Crippen LogP contribution in [0.4, 0.5) is 11.4 Å². The Kier molecular flexibility index (Phi) is 5.42. The summed E-state index contributed by atoms with van der Waals surface area (Å²) in [7, 11) is 5.62. The fourth-order valence-electron chi connectivity index (χ4n) is 2.12. The summed E-state index contributed by atoms with van der Waals surface area (Å²) in [5, 5.41) is 2.92. The highest BCUT2D eigenvalue weighted by molar-refractivity contribution is 5.91. The molecule has 0 bridgehead atoms. The van der Waals surface area contributed by atoms with Crippen molar-refractivity contribution in [1.29, 1.82) is 0 Å². The number of ether oxygens (including phenoxy) is 1. The maximum atomic E-state index is 12.0. The number of benzene rings is 2. The first-order chi connectivity index (χ1) is 10.6. The number of hydrogen-bond donors (Lipinski definition) is 1. The van der Waals surface area contributed by atoms with Gasteiger partial charge in [-0.15, -0.1) is 0 Å². The van der Waals surface area contributed by atoms with Gasteiger partial charge in [0.2, 0.25) is 5.91 Å². The van der Waals surface area contributed by atoms with Crippen LogP contribution in [0.15, 0.2) is 48.5 Å². The molecule has 0 unspecified atom stereocenters. The number of anilines is 2. The van der Waals surface area contributed by atoms with Crippen molar-refractivity contribution >= 4 is 17.3 Å². The van der Waals surface area contributed by atoms with Crippen molar-refractivity contribution in [3.8, 4) is 5.75 Å². The van der Waals surface area contributed by atoms with Crippen LogP contribution in [0, 0.1) is 0 Å². The molecule has 22 heavy (non-hydrogen) atoms. The van der Waals surface area contributed by atoms with Gasteiger partial charge in [0.05, 0.1) is 7.11 Å². The third-order valence-electron chi connectivity index (χ3n) is 3.47. The fourth-order valence-corrected chi connectivity index (χ4v) is 2.12. The molecule has 0 saturated heterocycles. The lowest BCUT2D eigenvalue weighted by molar-refractivity contribution is -0.116. The molecule has 0 heterocycles. The average Bonchev–Trinajstić information content (AvgIpc) is 2.54. The summed E-state index contributed by atoms with van der Waals surface area (Å²) in [6.07, 6.45) is 1.17. The zero-order valence-corrected chi connectivity index (χ0v) is 13.3. The summed E-state index contributed by atoms with van der Waals surface area (Å²) in [6.45, 7) is 0. The molecule has 116 valence electrons. The molecule has 2 rings (SSSR count). The minimum atomic E-state index is 0.0217. The molecule has 4 heteroatoms. The number of nitrogens with one attached hydrogen (secondary N) is 1. The maximum Gasteiger partial charge on any atom is 0.224 e. The van der Waals surface area contributed by atoms with Crippen LogP contribution in [0.2, 0.25) is 0 Å². The van der Waals surface area contributed by atoms with Crippen LogP contribution in [-0.2, 0) is 11.2 Å². The Bertz CT molecular complexity index is 604. The maximum absolute atomic E-state index is 12.0. The lowest BCUT2D eigenvalue weighted by atomic mass is 10.1. The first-order valence-electron chi connectivity index (χ1n) is 7.28. The van der Waals surface area contributed by atoms with Crippen molar-refractivity contribution in [2.24, 2.45) is 0 Å². The standard InChI is InChI=1S/C18H22N2O2/c1-20(2)16-9-7-15(8-10-16)19-18(21)13-6-14-4-11-17(22-3)12-5-14/h4-5,7-12H,6,13H2,1-3H3,(H,19,21). The molecule has 0 spiro atoms. The van der Waals surface area contributed by atoms with Gasteiger partial charge >= 0.3 is 0 Å². The van der Waals surface area contributed by atoms with E-state index >= 15 is 0 Å². The van der Waals surface area contributed by atoms with Crippen LogP contribution >= 0.6 is 0 Å². The van der Waals surface area contributed by atoms with Crippen molar-refractivity contribution in [3.63, 3.8) is 0 Å². The van der Waals surface area contributed by atoms with Gasteiger partial charge in [-0.05, 0) is 48.4 Å². The Morgan fingerprint density at radius 1 is 1.05 bits per heavy atom. The average molecular weight is 298 g/mol. The quantitative estimate of drug-likeness (QED) is 0.889. The van der Waals surface area contributed by atoms with Gasteiger partial charge in [-0.2, -0.15) is 0 Å². The Labute approximate surface area is 131 Å². The number of carbonyl (C=O) groups excluding carboxylic acids is 1. The van der Waals surface area contributed by atoms with Gasteiger partial charge in [-0.1, -0.05) is 12.1 Å². The molecule has 1 amide bonds. The zero-order chi connectivity index (χ0) is 15.9. The van der Waals surface area contributed by atoms with E-state index in [2.05, 4.69) is 5.32 Å². The van der Waals surface area contributed by atoms with Crippen molar-refractivity contribution in [1.82, 2.24) is 0 Å². The van der Waals surface area contributed by atoms with Crippen LogP contribution < -0.4 is 15.0 Å². The molecule has 2 aromatic rings. The van der Waals surface area contributed by atoms with Crippen molar-refractivity contribution in [3.05, 3.63) is 54.1 Å². The summed E-state index contributed by atoms with van der Waals surface area (Å²) in [4.78, 5) is 14.0. The molecule has 0 aromatic heterocycles. The van der Waals surface area contributed by atoms with Gasteiger partial charge in [0.15, 0.2) is 0 Å². The number of methoxy groups -OCH3 is 1. The lowest BCUT2D eigenvalue weighted by Gasteiger charge is -2.13. The summed E-state index contributed by atoms with van der Waals surface area (Å²) < 4.78 is 5.12. The van der Waals surface area contributed by atoms with Crippen LogP contribution in [0.5, 0.6) is 5.75 Å². The largest absolute Gasteiger partial charge is 0.497 e. The van der Waals surface area contributed by atoms with Gasteiger partial charge in [-0.25, -0.2) is 0 Å². The van der Waals surface area contributed by atoms with E-state index < -0.39 is 0 Å². The molecule has 2 aromatic carbocycles. The molecule has 0 saturated carbocycles. The first kappa shape index (κ1) is 15.9. The molecular weight excluding hydrogens is 276 g/mol. The topological polar surface area (TPSA) is 41.6 Å². The van der Waals surface area contributed by atoms with Crippen molar-refractivity contribution in [2.75, 3.05) is 31.4 Å². The second-order valence-electron chi connectivity index (χ2n) is 5.34. The summed E-state index contributed by atoms with van der Waals surface area (Å²) in [6, 6.07) is 15.6. The molecule has 4 nitrogen and oxygen atoms in total. The van der Waals surface area contributed by atoms with Gasteiger partial charge in [0.1, 0.15) is 5.75 Å². The number of aryl methyl sites for hydroxylation is 1. The molecule has 1 N–H and O–H groups in total. The van der Waals surface area contributed by atoms with E-state index in [1.165, 1.54) is 0 Å². The Morgan fingerprint density at radius 2 is 1.68 bits per heavy atom. The number of nitrogens with zero attached hydrogens (tertiary/aromatic N) is 1. The normalized spacial score (nSPS) is 10.1. The minimum absolute atomic E-state index is 0.0217. The lowest BCUT2D eigenvalue weighted by Crippen LogP contribution is -2.13. The van der Waals surface area contributed by atoms with Gasteiger partial charge in [0, 0.05) is 31.9 Å². The van der Waals surface area contributed by atoms with E-state index in [0.29, 0.717) is 12.8 Å². The smallest absolute Gasteiger partial charge is 0.224 e. The van der Waals surface area contributed by atoms with Crippen LogP contribution in [0.1, 0.15) is 12.0 Å². The number of rotatable bonds is 6. The molecular formula is C18H22N2O2. The first-order valence-corrected chi connectivity index (χ1v) is 7.28. The van der Waals surface area contributed by atoms with E-state index in [-0.39, 0.29) is 5.91 Å². The van der Waals surface area contributed by atoms with Crippen molar-refractivity contribution < 1.29 is 9.53 Å². The summed E-state index contributed by atoms with van der Waals surface area (Å²) in [5.74, 6) is 0.850. The highest BCUT2D eigenvalue weighted by Crippen LogP contribution is 2.16. The van der Waals surface area contributed by atoms with E-state index in [1.807, 2.05) is 67.5 Å². The molecule has 0 aliphatic heterocycles. The van der Waals surface area contributed by atoms with Crippen LogP contribution in [0.3, 0.4) is 0 Å². The predicted octanol–water partition coefficient (Wildman–Crippen LogP) is 3.33. The molecule has 0 aliphatic rings. The molecule has 0 fully saturated rings. The van der Waals surface area contributed by atoms with Crippen LogP contribution in [-0.4, -0.2) is 27.1 Å². The van der Waals surface area contributed by atoms with Crippen LogP contribution in [0.25, 0.3) is 0 Å². The van der Waals surface area contributed by atoms with Crippen molar-refractivity contribution in [2.45, 2.75) is 12.8 Å². The third kappa shape index (κ3) is 4.52. The second kappa shape index (κ2) is 7.50. The van der Waals surface area contributed by atoms with E-state index in [9.17, 15) is 4.79 Å². The zero-order valence-electron chi connectivity index (χ0n) is 13.3. The Hall–Kier alpha value is -2.49. The summed E-state index contributed by atoms with van der Waals surface area (Å²) in [5.41, 5.74) is 3.06. The SMILES string of the molecule is COc1ccc(CCC(=O)Nc2ccc(N(C)C)cc2)cc1. The highest BCUT2D eigenvalue weighted by Gasteiger charge is 2.04. The minimum Gasteiger partial charge on any atom is -0.497 e. The number of carbonyl (C=O) groups is 1. The van der Waals surface area contributed by atoms with Gasteiger partial charge in [-0.3, -0.25) is 4.79 Å². The predicted molar refractivity (Wildman–Crippen MR) is 90.7 cm³/mol. The number of hydrogen-bond acceptors (Lipinski definition) is 3. The van der Waals surface area contributed by atoms with E-state index in [0.717, 1.165) is 22.7 Å². The molecule has 0 radical (unpaired) electrons. The Balaban J connectivity index is 1.84.